The van der Waals surface area contributed by atoms with Crippen LogP contribution in [0.25, 0.3) is 0 Å². The van der Waals surface area contributed by atoms with Gasteiger partial charge in [0.15, 0.2) is 0 Å². The Morgan fingerprint density at radius 1 is 1.21 bits per heavy atom. The Bertz CT molecular complexity index is 350. The fourth-order valence-corrected chi connectivity index (χ4v) is 3.21. The van der Waals surface area contributed by atoms with E-state index in [2.05, 4.69) is 54.5 Å². The maximum absolute atomic E-state index is 3.76. The molecule has 2 rings (SSSR count). The summed E-state index contributed by atoms with van der Waals surface area (Å²) in [7, 11) is 2.18. The topological polar surface area (TPSA) is 15.3 Å². The summed E-state index contributed by atoms with van der Waals surface area (Å²) in [5.41, 5.74) is 1.31. The van der Waals surface area contributed by atoms with Gasteiger partial charge in [-0.2, -0.15) is 0 Å². The second-order valence-corrected chi connectivity index (χ2v) is 5.77. The summed E-state index contributed by atoms with van der Waals surface area (Å²) >= 11 is 0. The number of nitrogens with zero attached hydrogens (tertiary/aromatic N) is 1. The molecule has 0 amide bonds. The van der Waals surface area contributed by atoms with Crippen molar-refractivity contribution in [3.63, 3.8) is 0 Å². The lowest BCUT2D eigenvalue weighted by Crippen LogP contribution is -2.34. The van der Waals surface area contributed by atoms with E-state index in [1.807, 2.05) is 0 Å². The lowest BCUT2D eigenvalue weighted by molar-refractivity contribution is 0.389. The Morgan fingerprint density at radius 2 is 2.00 bits per heavy atom. The molecule has 2 unspecified atom stereocenters. The summed E-state index contributed by atoms with van der Waals surface area (Å²) < 4.78 is 0. The number of hydrogen-bond donors (Lipinski definition) is 1. The Kier molecular flexibility index (Phi) is 5.71. The third-order valence-corrected chi connectivity index (χ3v) is 4.46. The quantitative estimate of drug-likeness (QED) is 0.752. The third kappa shape index (κ3) is 4.24. The lowest BCUT2D eigenvalue weighted by atomic mass is 10.0. The number of hydrogen-bond acceptors (Lipinski definition) is 2. The van der Waals surface area contributed by atoms with Crippen LogP contribution in [0.5, 0.6) is 0 Å². The summed E-state index contributed by atoms with van der Waals surface area (Å²) in [4.78, 5) is 2.34. The first kappa shape index (κ1) is 14.4. The molecule has 19 heavy (non-hydrogen) atoms. The van der Waals surface area contributed by atoms with E-state index >= 15 is 0 Å². The van der Waals surface area contributed by atoms with Crippen LogP contribution in [0.4, 0.5) is 5.69 Å². The largest absolute Gasteiger partial charge is 0.375 e. The Hall–Kier alpha value is -1.02. The van der Waals surface area contributed by atoms with Crippen LogP contribution in [-0.2, 0) is 0 Å². The maximum Gasteiger partial charge on any atom is 0.0363 e. The molecule has 0 heterocycles. The van der Waals surface area contributed by atoms with Gasteiger partial charge in [0.25, 0.3) is 0 Å². The van der Waals surface area contributed by atoms with Crippen molar-refractivity contribution < 1.29 is 0 Å². The van der Waals surface area contributed by atoms with E-state index in [1.54, 1.807) is 0 Å². The molecule has 106 valence electrons. The first-order valence-corrected chi connectivity index (χ1v) is 7.81. The van der Waals surface area contributed by atoms with Crippen molar-refractivity contribution in [3.05, 3.63) is 30.3 Å². The fourth-order valence-electron chi connectivity index (χ4n) is 3.21. The molecule has 1 N–H and O–H groups in total. The minimum absolute atomic E-state index is 0.784. The van der Waals surface area contributed by atoms with Gasteiger partial charge in [0.1, 0.15) is 0 Å². The highest BCUT2D eigenvalue weighted by atomic mass is 15.1. The zero-order valence-corrected chi connectivity index (χ0v) is 12.4. The van der Waals surface area contributed by atoms with Crippen molar-refractivity contribution in [2.75, 3.05) is 25.0 Å². The standard InChI is InChI=1S/C17H28N2/c1-3-15-9-7-12-17(15)18-13-8-14-19(2)16-10-5-4-6-11-16/h4-6,10-11,15,17-18H,3,7-9,12-14H2,1-2H3. The van der Waals surface area contributed by atoms with Gasteiger partial charge in [-0.15, -0.1) is 0 Å². The highest BCUT2D eigenvalue weighted by Crippen LogP contribution is 2.27. The third-order valence-electron chi connectivity index (χ3n) is 4.46. The van der Waals surface area contributed by atoms with Crippen LogP contribution in [0.3, 0.4) is 0 Å². The van der Waals surface area contributed by atoms with Gasteiger partial charge in [-0.1, -0.05) is 38.0 Å². The van der Waals surface area contributed by atoms with E-state index in [-0.39, 0.29) is 0 Å². The van der Waals surface area contributed by atoms with E-state index < -0.39 is 0 Å². The van der Waals surface area contributed by atoms with Gasteiger partial charge in [-0.05, 0) is 43.9 Å². The van der Waals surface area contributed by atoms with Gasteiger partial charge in [-0.3, -0.25) is 0 Å². The van der Waals surface area contributed by atoms with Crippen molar-refractivity contribution in [2.45, 2.75) is 45.1 Å². The second kappa shape index (κ2) is 7.54. The van der Waals surface area contributed by atoms with Crippen LogP contribution in [-0.4, -0.2) is 26.2 Å². The van der Waals surface area contributed by atoms with Crippen molar-refractivity contribution >= 4 is 5.69 Å². The molecule has 0 bridgehead atoms. The fraction of sp³-hybridized carbons (Fsp3) is 0.647. The summed E-state index contributed by atoms with van der Waals surface area (Å²) in [5.74, 6) is 0.923. The second-order valence-electron chi connectivity index (χ2n) is 5.77. The highest BCUT2D eigenvalue weighted by Gasteiger charge is 2.24. The summed E-state index contributed by atoms with van der Waals surface area (Å²) in [6.07, 6.45) is 6.78. The monoisotopic (exact) mass is 260 g/mol. The van der Waals surface area contributed by atoms with E-state index in [4.69, 9.17) is 0 Å². The smallest absolute Gasteiger partial charge is 0.0363 e. The van der Waals surface area contributed by atoms with E-state index in [1.165, 1.54) is 37.8 Å². The van der Waals surface area contributed by atoms with Gasteiger partial charge in [-0.25, -0.2) is 0 Å². The predicted molar refractivity (Wildman–Crippen MR) is 83.8 cm³/mol. The maximum atomic E-state index is 3.76. The van der Waals surface area contributed by atoms with Crippen LogP contribution < -0.4 is 10.2 Å². The minimum Gasteiger partial charge on any atom is -0.375 e. The van der Waals surface area contributed by atoms with Crippen LogP contribution in [0.2, 0.25) is 0 Å². The molecule has 1 saturated carbocycles. The molecule has 2 atom stereocenters. The van der Waals surface area contributed by atoms with Gasteiger partial charge in [0.2, 0.25) is 0 Å². The molecule has 1 fully saturated rings. The average Bonchev–Trinajstić information content (AvgIpc) is 2.91. The molecule has 1 aliphatic carbocycles. The number of para-hydroxylation sites is 1. The summed E-state index contributed by atoms with van der Waals surface area (Å²) in [5, 5.41) is 3.76. The first-order chi connectivity index (χ1) is 9.31. The minimum atomic E-state index is 0.784. The predicted octanol–water partition coefficient (Wildman–Crippen LogP) is 3.68. The van der Waals surface area contributed by atoms with Gasteiger partial charge in [0, 0.05) is 25.3 Å². The van der Waals surface area contributed by atoms with Crippen molar-refractivity contribution in [1.29, 1.82) is 0 Å². The lowest BCUT2D eigenvalue weighted by Gasteiger charge is -2.22. The van der Waals surface area contributed by atoms with E-state index in [0.29, 0.717) is 0 Å². The van der Waals surface area contributed by atoms with Gasteiger partial charge >= 0.3 is 0 Å². The van der Waals surface area contributed by atoms with Crippen LogP contribution in [0.1, 0.15) is 39.0 Å². The summed E-state index contributed by atoms with van der Waals surface area (Å²) in [6.45, 7) is 4.60. The SMILES string of the molecule is CCC1CCCC1NCCCN(C)c1ccccc1. The molecule has 0 radical (unpaired) electrons. The van der Waals surface area contributed by atoms with Crippen molar-refractivity contribution in [3.8, 4) is 0 Å². The molecule has 2 heteroatoms. The van der Waals surface area contributed by atoms with Crippen LogP contribution in [0, 0.1) is 5.92 Å². The molecule has 1 aromatic carbocycles. The number of benzene rings is 1. The van der Waals surface area contributed by atoms with E-state index in [0.717, 1.165) is 25.0 Å². The molecular weight excluding hydrogens is 232 g/mol. The molecule has 1 aromatic rings. The number of anilines is 1. The van der Waals surface area contributed by atoms with Crippen LogP contribution in [0.15, 0.2) is 30.3 Å². The molecule has 0 aliphatic heterocycles. The molecule has 0 aromatic heterocycles. The average molecular weight is 260 g/mol. The molecule has 0 spiro atoms. The van der Waals surface area contributed by atoms with Crippen molar-refractivity contribution in [1.82, 2.24) is 5.32 Å². The Balaban J connectivity index is 1.64. The molecular formula is C17H28N2. The van der Waals surface area contributed by atoms with Gasteiger partial charge in [0.05, 0.1) is 0 Å². The zero-order valence-electron chi connectivity index (χ0n) is 12.4. The van der Waals surface area contributed by atoms with E-state index in [9.17, 15) is 0 Å². The van der Waals surface area contributed by atoms with Crippen LogP contribution >= 0.6 is 0 Å². The molecule has 2 nitrogen and oxygen atoms in total. The first-order valence-electron chi connectivity index (χ1n) is 7.81. The zero-order chi connectivity index (χ0) is 13.5. The molecule has 1 aliphatic rings. The summed E-state index contributed by atoms with van der Waals surface area (Å²) in [6, 6.07) is 11.4. The normalized spacial score (nSPS) is 22.6. The number of rotatable bonds is 7. The van der Waals surface area contributed by atoms with Crippen molar-refractivity contribution in [2.24, 2.45) is 5.92 Å². The molecule has 0 saturated heterocycles. The van der Waals surface area contributed by atoms with Gasteiger partial charge < -0.3 is 10.2 Å². The Morgan fingerprint density at radius 3 is 2.74 bits per heavy atom. The highest BCUT2D eigenvalue weighted by molar-refractivity contribution is 5.44. The number of nitrogens with one attached hydrogen (secondary N) is 1. The Labute approximate surface area is 118 Å².